The van der Waals surface area contributed by atoms with Gasteiger partial charge in [-0.2, -0.15) is 8.42 Å². The van der Waals surface area contributed by atoms with E-state index >= 15 is 0 Å². The van der Waals surface area contributed by atoms with Crippen molar-refractivity contribution in [1.29, 1.82) is 0 Å². The number of carbonyl (C=O) groups excluding carboxylic acids is 1. The Kier molecular flexibility index (Phi) is 3.75. The van der Waals surface area contributed by atoms with Crippen molar-refractivity contribution in [1.82, 2.24) is 0 Å². The smallest absolute Gasteiger partial charge is 0.286 e. The molecule has 24 heavy (non-hydrogen) atoms. The standard InChI is InChI=1S/C18H22N2O3S/c1-12-2-4-16(5-3-12)20(17(21)19-24(22)23)18-9-13-6-14(10-18)8-15(7-13)11-18/h2-5,13-15H,6-11H2,1H3. The van der Waals surface area contributed by atoms with Gasteiger partial charge >= 0.3 is 16.5 Å². The molecule has 4 aliphatic carbocycles. The topological polar surface area (TPSA) is 66.8 Å². The Bertz CT molecular complexity index is 755. The highest BCUT2D eigenvalue weighted by molar-refractivity contribution is 7.62. The van der Waals surface area contributed by atoms with Gasteiger partial charge in [-0.05, 0) is 75.3 Å². The third-order valence-corrected chi connectivity index (χ3v) is 6.42. The summed E-state index contributed by atoms with van der Waals surface area (Å²) in [6, 6.07) is 7.10. The van der Waals surface area contributed by atoms with Gasteiger partial charge in [0.05, 0.1) is 5.54 Å². The predicted molar refractivity (Wildman–Crippen MR) is 91.3 cm³/mol. The number of carbonyl (C=O) groups is 1. The SMILES string of the molecule is Cc1ccc(N(C(=O)N=S(=O)=O)C23CC4CC(CC(C4)C2)C3)cc1. The van der Waals surface area contributed by atoms with E-state index in [0.29, 0.717) is 17.8 Å². The quantitative estimate of drug-likeness (QED) is 0.814. The largest absolute Gasteiger partial charge is 0.363 e. The van der Waals surface area contributed by atoms with Crippen molar-refractivity contribution in [3.63, 3.8) is 0 Å². The predicted octanol–water partition coefficient (Wildman–Crippen LogP) is 3.95. The van der Waals surface area contributed by atoms with Crippen molar-refractivity contribution >= 4 is 22.2 Å². The van der Waals surface area contributed by atoms with Crippen molar-refractivity contribution in [2.24, 2.45) is 22.1 Å². The van der Waals surface area contributed by atoms with Gasteiger partial charge in [0.2, 0.25) is 0 Å². The van der Waals surface area contributed by atoms with E-state index < -0.39 is 16.5 Å². The van der Waals surface area contributed by atoms with Crippen LogP contribution in [-0.4, -0.2) is 20.0 Å². The molecule has 1 aromatic carbocycles. The van der Waals surface area contributed by atoms with Crippen molar-refractivity contribution in [3.05, 3.63) is 29.8 Å². The lowest BCUT2D eigenvalue weighted by Gasteiger charge is -2.59. The lowest BCUT2D eigenvalue weighted by atomic mass is 9.52. The van der Waals surface area contributed by atoms with Gasteiger partial charge in [0, 0.05) is 5.69 Å². The average molecular weight is 346 g/mol. The molecule has 4 aliphatic rings. The van der Waals surface area contributed by atoms with Gasteiger partial charge in [0.1, 0.15) is 0 Å². The molecule has 2 amide bonds. The van der Waals surface area contributed by atoms with E-state index in [-0.39, 0.29) is 5.54 Å². The summed E-state index contributed by atoms with van der Waals surface area (Å²) < 4.78 is 25.4. The molecule has 4 saturated carbocycles. The maximum Gasteiger partial charge on any atom is 0.363 e. The highest BCUT2D eigenvalue weighted by Gasteiger charge is 2.55. The van der Waals surface area contributed by atoms with Crippen LogP contribution in [0.5, 0.6) is 0 Å². The first-order valence-electron chi connectivity index (χ1n) is 8.67. The van der Waals surface area contributed by atoms with E-state index in [1.165, 1.54) is 19.3 Å². The molecule has 5 nitrogen and oxygen atoms in total. The molecular formula is C18H22N2O3S. The maximum absolute atomic E-state index is 12.7. The zero-order valence-electron chi connectivity index (χ0n) is 13.8. The highest BCUT2D eigenvalue weighted by Crippen LogP contribution is 2.58. The summed E-state index contributed by atoms with van der Waals surface area (Å²) in [6.07, 6.45) is 6.71. The molecule has 0 aromatic heterocycles. The molecular weight excluding hydrogens is 324 g/mol. The second kappa shape index (κ2) is 5.69. The van der Waals surface area contributed by atoms with E-state index in [9.17, 15) is 13.2 Å². The van der Waals surface area contributed by atoms with Gasteiger partial charge in [-0.3, -0.25) is 4.90 Å². The third kappa shape index (κ3) is 2.66. The molecule has 0 aliphatic heterocycles. The van der Waals surface area contributed by atoms with E-state index in [4.69, 9.17) is 0 Å². The second-order valence-corrected chi connectivity index (χ2v) is 8.52. The van der Waals surface area contributed by atoms with Crippen molar-refractivity contribution in [3.8, 4) is 0 Å². The summed E-state index contributed by atoms with van der Waals surface area (Å²) in [4.78, 5) is 14.4. The molecule has 0 heterocycles. The summed E-state index contributed by atoms with van der Waals surface area (Å²) in [5.74, 6) is 1.99. The molecule has 4 bridgehead atoms. The monoisotopic (exact) mass is 346 g/mol. The normalized spacial score (nSPS) is 33.3. The first kappa shape index (κ1) is 15.8. The van der Waals surface area contributed by atoms with E-state index in [1.807, 2.05) is 31.2 Å². The van der Waals surface area contributed by atoms with Crippen LogP contribution in [-0.2, 0) is 10.5 Å². The minimum absolute atomic E-state index is 0.260. The first-order valence-corrected chi connectivity index (χ1v) is 9.70. The zero-order chi connectivity index (χ0) is 16.9. The second-order valence-electron chi connectivity index (χ2n) is 7.90. The molecule has 0 unspecified atom stereocenters. The van der Waals surface area contributed by atoms with Gasteiger partial charge in [-0.25, -0.2) is 4.79 Å². The zero-order valence-corrected chi connectivity index (χ0v) is 14.6. The van der Waals surface area contributed by atoms with Crippen molar-refractivity contribution in [2.75, 3.05) is 4.90 Å². The summed E-state index contributed by atoms with van der Waals surface area (Å²) in [5.41, 5.74) is 1.62. The van der Waals surface area contributed by atoms with Crippen molar-refractivity contribution < 1.29 is 13.2 Å². The lowest BCUT2D eigenvalue weighted by molar-refractivity contribution is -0.000160. The van der Waals surface area contributed by atoms with Gasteiger partial charge in [-0.1, -0.05) is 22.1 Å². The van der Waals surface area contributed by atoms with Crippen LogP contribution in [0, 0.1) is 24.7 Å². The van der Waals surface area contributed by atoms with Gasteiger partial charge < -0.3 is 0 Å². The fraction of sp³-hybridized carbons (Fsp3) is 0.611. The molecule has 0 spiro atoms. The van der Waals surface area contributed by atoms with Crippen LogP contribution in [0.3, 0.4) is 0 Å². The fourth-order valence-electron chi connectivity index (χ4n) is 5.72. The van der Waals surface area contributed by atoms with Gasteiger partial charge in [-0.15, -0.1) is 0 Å². The van der Waals surface area contributed by atoms with Crippen LogP contribution in [0.4, 0.5) is 10.5 Å². The number of aryl methyl sites for hydroxylation is 1. The Morgan fingerprint density at radius 2 is 1.54 bits per heavy atom. The fourth-order valence-corrected chi connectivity index (χ4v) is 5.93. The summed E-state index contributed by atoms with van der Waals surface area (Å²) in [7, 11) is -2.72. The molecule has 128 valence electrons. The van der Waals surface area contributed by atoms with Gasteiger partial charge in [0.15, 0.2) is 0 Å². The third-order valence-electron chi connectivity index (χ3n) is 6.12. The van der Waals surface area contributed by atoms with Gasteiger partial charge in [0.25, 0.3) is 0 Å². The number of urea groups is 1. The Labute approximate surface area is 143 Å². The molecule has 0 saturated heterocycles. The molecule has 5 rings (SSSR count). The number of benzene rings is 1. The minimum Gasteiger partial charge on any atom is -0.286 e. The number of nitrogens with zero attached hydrogens (tertiary/aromatic N) is 2. The molecule has 4 fully saturated rings. The molecule has 0 N–H and O–H groups in total. The summed E-state index contributed by atoms with van der Waals surface area (Å²) >= 11 is 0. The van der Waals surface area contributed by atoms with Crippen LogP contribution in [0.1, 0.15) is 44.1 Å². The number of hydrogen-bond donors (Lipinski definition) is 0. The maximum atomic E-state index is 12.7. The minimum atomic E-state index is -2.72. The molecule has 0 atom stereocenters. The Morgan fingerprint density at radius 1 is 1.04 bits per heavy atom. The number of rotatable bonds is 2. The van der Waals surface area contributed by atoms with Crippen LogP contribution in [0.25, 0.3) is 0 Å². The van der Waals surface area contributed by atoms with Crippen LogP contribution in [0.15, 0.2) is 28.6 Å². The average Bonchev–Trinajstić information content (AvgIpc) is 2.47. The first-order chi connectivity index (χ1) is 11.4. The number of anilines is 1. The Hall–Kier alpha value is -1.69. The summed E-state index contributed by atoms with van der Waals surface area (Å²) in [6.45, 7) is 2.00. The van der Waals surface area contributed by atoms with E-state index in [0.717, 1.165) is 30.5 Å². The van der Waals surface area contributed by atoms with E-state index in [2.05, 4.69) is 4.36 Å². The van der Waals surface area contributed by atoms with Crippen molar-refractivity contribution in [2.45, 2.75) is 51.0 Å². The van der Waals surface area contributed by atoms with Crippen LogP contribution < -0.4 is 4.90 Å². The number of hydrogen-bond acceptors (Lipinski definition) is 3. The molecule has 6 heteroatoms. The van der Waals surface area contributed by atoms with Crippen LogP contribution >= 0.6 is 0 Å². The highest BCUT2D eigenvalue weighted by atomic mass is 32.2. The van der Waals surface area contributed by atoms with Crippen LogP contribution in [0.2, 0.25) is 0 Å². The molecule has 1 aromatic rings. The summed E-state index contributed by atoms with van der Waals surface area (Å²) in [5, 5.41) is 0. The Balaban J connectivity index is 1.79. The van der Waals surface area contributed by atoms with E-state index in [1.54, 1.807) is 4.90 Å². The number of amides is 2. The molecule has 0 radical (unpaired) electrons. The Morgan fingerprint density at radius 3 is 2.00 bits per heavy atom. The lowest BCUT2D eigenvalue weighted by Crippen LogP contribution is -2.61.